The highest BCUT2D eigenvalue weighted by molar-refractivity contribution is 5.83. The van der Waals surface area contributed by atoms with Crippen LogP contribution in [0.2, 0.25) is 0 Å². The van der Waals surface area contributed by atoms with Gasteiger partial charge in [0.25, 0.3) is 0 Å². The third-order valence-corrected chi connectivity index (χ3v) is 4.80. The van der Waals surface area contributed by atoms with Crippen molar-refractivity contribution in [1.82, 2.24) is 15.0 Å². The van der Waals surface area contributed by atoms with Crippen LogP contribution < -0.4 is 10.6 Å². The molecule has 5 heteroatoms. The van der Waals surface area contributed by atoms with Crippen molar-refractivity contribution in [3.05, 3.63) is 84.2 Å². The molecule has 0 aliphatic carbocycles. The normalized spacial score (nSPS) is 10.9. The Morgan fingerprint density at radius 1 is 0.821 bits per heavy atom. The minimum absolute atomic E-state index is 0.660. The summed E-state index contributed by atoms with van der Waals surface area (Å²) in [5, 5.41) is 7.99. The van der Waals surface area contributed by atoms with Crippen molar-refractivity contribution >= 4 is 22.7 Å². The fourth-order valence-corrected chi connectivity index (χ4v) is 3.34. The summed E-state index contributed by atoms with van der Waals surface area (Å²) >= 11 is 0. The van der Waals surface area contributed by atoms with E-state index in [1.165, 1.54) is 22.0 Å². The molecule has 5 nitrogen and oxygen atoms in total. The van der Waals surface area contributed by atoms with Crippen LogP contribution in [0.25, 0.3) is 10.9 Å². The second-order valence-corrected chi connectivity index (χ2v) is 6.82. The van der Waals surface area contributed by atoms with Crippen molar-refractivity contribution in [3.8, 4) is 0 Å². The van der Waals surface area contributed by atoms with Gasteiger partial charge in [-0.1, -0.05) is 48.5 Å². The maximum atomic E-state index is 4.56. The standard InChI is InChI=1S/C23H25N5/c1-2-7-18(8-3-1)9-6-14-24-22-13-16-26-23(28-22)25-15-12-19-17-27-21-11-5-4-10-20(19)21/h1-5,7-8,10-11,13,16-17,27H,6,9,12,14-15H2,(H2,24,25,26,28). The summed E-state index contributed by atoms with van der Waals surface area (Å²) in [4.78, 5) is 12.2. The molecule has 142 valence electrons. The lowest BCUT2D eigenvalue weighted by Crippen LogP contribution is -2.10. The molecule has 0 radical (unpaired) electrons. The molecule has 0 aliphatic heterocycles. The summed E-state index contributed by atoms with van der Waals surface area (Å²) in [6.45, 7) is 1.68. The molecule has 2 heterocycles. The molecule has 28 heavy (non-hydrogen) atoms. The highest BCUT2D eigenvalue weighted by atomic mass is 15.1. The van der Waals surface area contributed by atoms with E-state index in [2.05, 4.69) is 80.3 Å². The number of fused-ring (bicyclic) bond motifs is 1. The molecule has 0 atom stereocenters. The summed E-state index contributed by atoms with van der Waals surface area (Å²) in [5.41, 5.74) is 3.85. The van der Waals surface area contributed by atoms with Gasteiger partial charge in [0.2, 0.25) is 5.95 Å². The Morgan fingerprint density at radius 2 is 1.68 bits per heavy atom. The zero-order valence-electron chi connectivity index (χ0n) is 15.9. The van der Waals surface area contributed by atoms with Crippen LogP contribution in [-0.4, -0.2) is 28.0 Å². The molecular weight excluding hydrogens is 346 g/mol. The van der Waals surface area contributed by atoms with Crippen LogP contribution in [0.5, 0.6) is 0 Å². The van der Waals surface area contributed by atoms with Crippen LogP contribution in [0.3, 0.4) is 0 Å². The van der Waals surface area contributed by atoms with E-state index in [1.807, 2.05) is 12.1 Å². The van der Waals surface area contributed by atoms with Gasteiger partial charge in [-0.2, -0.15) is 4.98 Å². The minimum Gasteiger partial charge on any atom is -0.370 e. The zero-order chi connectivity index (χ0) is 19.0. The number of rotatable bonds is 9. The van der Waals surface area contributed by atoms with Crippen molar-refractivity contribution < 1.29 is 0 Å². The molecule has 0 aliphatic rings. The van der Waals surface area contributed by atoms with Crippen molar-refractivity contribution in [2.24, 2.45) is 0 Å². The first kappa shape index (κ1) is 18.0. The fourth-order valence-electron chi connectivity index (χ4n) is 3.34. The SMILES string of the molecule is c1ccc(CCCNc2ccnc(NCCc3c[nH]c4ccccc34)n2)cc1. The largest absolute Gasteiger partial charge is 0.370 e. The third kappa shape index (κ3) is 4.68. The van der Waals surface area contributed by atoms with Crippen LogP contribution in [0.15, 0.2) is 73.1 Å². The van der Waals surface area contributed by atoms with E-state index >= 15 is 0 Å². The highest BCUT2D eigenvalue weighted by Gasteiger charge is 2.04. The summed E-state index contributed by atoms with van der Waals surface area (Å²) < 4.78 is 0. The van der Waals surface area contributed by atoms with E-state index in [-0.39, 0.29) is 0 Å². The molecule has 0 bridgehead atoms. The lowest BCUT2D eigenvalue weighted by Gasteiger charge is -2.08. The number of nitrogens with one attached hydrogen (secondary N) is 3. The number of benzene rings is 2. The number of hydrogen-bond acceptors (Lipinski definition) is 4. The van der Waals surface area contributed by atoms with Crippen LogP contribution in [0.1, 0.15) is 17.5 Å². The van der Waals surface area contributed by atoms with Gasteiger partial charge in [-0.15, -0.1) is 0 Å². The number of aromatic amines is 1. The minimum atomic E-state index is 0.660. The summed E-state index contributed by atoms with van der Waals surface area (Å²) in [7, 11) is 0. The van der Waals surface area contributed by atoms with Gasteiger partial charge in [-0.3, -0.25) is 0 Å². The number of nitrogens with zero attached hydrogens (tertiary/aromatic N) is 2. The highest BCUT2D eigenvalue weighted by Crippen LogP contribution is 2.18. The average Bonchev–Trinajstić information content (AvgIpc) is 3.16. The van der Waals surface area contributed by atoms with E-state index in [9.17, 15) is 0 Å². The predicted octanol–water partition coefficient (Wildman–Crippen LogP) is 4.66. The molecule has 0 fully saturated rings. The van der Waals surface area contributed by atoms with Crippen LogP contribution in [-0.2, 0) is 12.8 Å². The van der Waals surface area contributed by atoms with Gasteiger partial charge in [0, 0.05) is 36.4 Å². The molecule has 0 saturated heterocycles. The summed E-state index contributed by atoms with van der Waals surface area (Å²) in [6, 6.07) is 20.8. The number of hydrogen-bond donors (Lipinski definition) is 3. The first-order chi connectivity index (χ1) is 13.9. The number of anilines is 2. The molecule has 3 N–H and O–H groups in total. The number of H-pyrrole nitrogens is 1. The molecule has 0 amide bonds. The zero-order valence-corrected chi connectivity index (χ0v) is 15.9. The summed E-state index contributed by atoms with van der Waals surface area (Å²) in [6.07, 6.45) is 6.92. The van der Waals surface area contributed by atoms with E-state index in [0.29, 0.717) is 5.95 Å². The van der Waals surface area contributed by atoms with Crippen LogP contribution in [0.4, 0.5) is 11.8 Å². The lowest BCUT2D eigenvalue weighted by molar-refractivity contribution is 0.857. The monoisotopic (exact) mass is 371 g/mol. The third-order valence-electron chi connectivity index (χ3n) is 4.80. The van der Waals surface area contributed by atoms with Crippen LogP contribution >= 0.6 is 0 Å². The van der Waals surface area contributed by atoms with Crippen molar-refractivity contribution in [1.29, 1.82) is 0 Å². The van der Waals surface area contributed by atoms with Gasteiger partial charge in [0.1, 0.15) is 5.82 Å². The molecule has 0 unspecified atom stereocenters. The second kappa shape index (κ2) is 9.04. The first-order valence-corrected chi connectivity index (χ1v) is 9.78. The second-order valence-electron chi connectivity index (χ2n) is 6.82. The van der Waals surface area contributed by atoms with E-state index in [4.69, 9.17) is 0 Å². The Morgan fingerprint density at radius 3 is 2.61 bits per heavy atom. The Balaban J connectivity index is 1.24. The van der Waals surface area contributed by atoms with Gasteiger partial charge in [0.15, 0.2) is 0 Å². The van der Waals surface area contributed by atoms with E-state index in [1.54, 1.807) is 6.20 Å². The summed E-state index contributed by atoms with van der Waals surface area (Å²) in [5.74, 6) is 1.52. The predicted molar refractivity (Wildman–Crippen MR) is 116 cm³/mol. The Kier molecular flexibility index (Phi) is 5.83. The smallest absolute Gasteiger partial charge is 0.224 e. The molecule has 4 aromatic rings. The quantitative estimate of drug-likeness (QED) is 0.375. The number of aromatic nitrogens is 3. The molecule has 2 aromatic carbocycles. The Labute approximate surface area is 165 Å². The lowest BCUT2D eigenvalue weighted by atomic mass is 10.1. The van der Waals surface area contributed by atoms with E-state index in [0.717, 1.165) is 38.2 Å². The van der Waals surface area contributed by atoms with Crippen molar-refractivity contribution in [2.45, 2.75) is 19.3 Å². The van der Waals surface area contributed by atoms with Crippen molar-refractivity contribution in [3.63, 3.8) is 0 Å². The maximum absolute atomic E-state index is 4.56. The van der Waals surface area contributed by atoms with Gasteiger partial charge in [0.05, 0.1) is 0 Å². The van der Waals surface area contributed by atoms with Gasteiger partial charge in [-0.25, -0.2) is 4.98 Å². The Bertz CT molecular complexity index is 1010. The van der Waals surface area contributed by atoms with Crippen molar-refractivity contribution in [2.75, 3.05) is 23.7 Å². The van der Waals surface area contributed by atoms with Gasteiger partial charge >= 0.3 is 0 Å². The number of aryl methyl sites for hydroxylation is 1. The average molecular weight is 371 g/mol. The molecule has 4 rings (SSSR count). The fraction of sp³-hybridized carbons (Fsp3) is 0.217. The molecule has 2 aromatic heterocycles. The molecular formula is C23H25N5. The van der Waals surface area contributed by atoms with Gasteiger partial charge < -0.3 is 15.6 Å². The van der Waals surface area contributed by atoms with E-state index < -0.39 is 0 Å². The van der Waals surface area contributed by atoms with Gasteiger partial charge in [-0.05, 0) is 42.5 Å². The molecule has 0 saturated carbocycles. The number of para-hydroxylation sites is 1. The topological polar surface area (TPSA) is 65.6 Å². The first-order valence-electron chi connectivity index (χ1n) is 9.78. The maximum Gasteiger partial charge on any atom is 0.224 e. The van der Waals surface area contributed by atoms with Crippen LogP contribution in [0, 0.1) is 0 Å². The Hall–Kier alpha value is -3.34. The molecule has 0 spiro atoms.